The zero-order valence-electron chi connectivity index (χ0n) is 16.7. The lowest BCUT2D eigenvalue weighted by molar-refractivity contribution is 0.0538. The summed E-state index contributed by atoms with van der Waals surface area (Å²) in [5.74, 6) is 0. The van der Waals surface area contributed by atoms with Crippen molar-refractivity contribution >= 4 is 37.9 Å². The Bertz CT molecular complexity index is 1460. The molecule has 4 rings (SSSR count). The molecule has 0 aliphatic rings. The van der Waals surface area contributed by atoms with Crippen LogP contribution in [0.25, 0.3) is 21.8 Å². The first-order valence-corrected chi connectivity index (χ1v) is 10.7. The molecule has 4 aromatic rings. The molecule has 0 saturated heterocycles. The van der Waals surface area contributed by atoms with Crippen LogP contribution in [0.2, 0.25) is 0 Å². The molecular formula is C22H20N2O5S. The zero-order chi connectivity index (χ0) is 21.7. The molecule has 0 spiro atoms. The number of aromatic nitrogens is 2. The minimum Gasteiger partial charge on any atom is -0.443 e. The third kappa shape index (κ3) is 3.29. The second kappa shape index (κ2) is 6.84. The summed E-state index contributed by atoms with van der Waals surface area (Å²) in [6.45, 7) is 5.00. The van der Waals surface area contributed by atoms with Crippen molar-refractivity contribution < 1.29 is 17.9 Å². The maximum absolute atomic E-state index is 13.4. The van der Waals surface area contributed by atoms with E-state index in [2.05, 4.69) is 0 Å². The number of benzene rings is 3. The molecule has 0 fully saturated rings. The molecule has 1 aromatic heterocycles. The van der Waals surface area contributed by atoms with Gasteiger partial charge in [-0.25, -0.2) is 18.0 Å². The monoisotopic (exact) mass is 424 g/mol. The van der Waals surface area contributed by atoms with Gasteiger partial charge in [-0.2, -0.15) is 8.54 Å². The van der Waals surface area contributed by atoms with E-state index in [1.54, 1.807) is 51.1 Å². The molecule has 0 aliphatic carbocycles. The number of para-hydroxylation sites is 2. The average molecular weight is 424 g/mol. The van der Waals surface area contributed by atoms with Crippen LogP contribution >= 0.6 is 0 Å². The van der Waals surface area contributed by atoms with Crippen molar-refractivity contribution in [2.75, 3.05) is 0 Å². The lowest BCUT2D eigenvalue weighted by atomic mass is 10.1. The van der Waals surface area contributed by atoms with Crippen molar-refractivity contribution in [2.45, 2.75) is 31.3 Å². The van der Waals surface area contributed by atoms with E-state index in [4.69, 9.17) is 4.74 Å². The summed E-state index contributed by atoms with van der Waals surface area (Å²) in [4.78, 5) is 25.8. The molecular weight excluding hydrogens is 404 g/mol. The van der Waals surface area contributed by atoms with Gasteiger partial charge in [-0.1, -0.05) is 42.5 Å². The Morgan fingerprint density at radius 1 is 0.867 bits per heavy atom. The molecule has 30 heavy (non-hydrogen) atoms. The number of hydrogen-bond donors (Lipinski definition) is 0. The van der Waals surface area contributed by atoms with E-state index >= 15 is 0 Å². The maximum atomic E-state index is 13.4. The average Bonchev–Trinajstić information content (AvgIpc) is 2.98. The van der Waals surface area contributed by atoms with Gasteiger partial charge in [-0.05, 0) is 55.8 Å². The second-order valence-electron chi connectivity index (χ2n) is 7.87. The van der Waals surface area contributed by atoms with Crippen LogP contribution in [0.5, 0.6) is 0 Å². The largest absolute Gasteiger partial charge is 0.443 e. The van der Waals surface area contributed by atoms with Crippen molar-refractivity contribution in [3.8, 4) is 0 Å². The first-order chi connectivity index (χ1) is 14.1. The highest BCUT2D eigenvalue weighted by atomic mass is 32.2. The first-order valence-electron chi connectivity index (χ1n) is 9.30. The van der Waals surface area contributed by atoms with E-state index in [-0.39, 0.29) is 15.9 Å². The van der Waals surface area contributed by atoms with E-state index < -0.39 is 27.4 Å². The zero-order valence-corrected chi connectivity index (χ0v) is 17.5. The molecule has 0 unspecified atom stereocenters. The Morgan fingerprint density at radius 2 is 1.47 bits per heavy atom. The first kappa shape index (κ1) is 19.9. The van der Waals surface area contributed by atoms with Crippen molar-refractivity contribution in [3.63, 3.8) is 0 Å². The van der Waals surface area contributed by atoms with Crippen LogP contribution in [-0.4, -0.2) is 28.7 Å². The minimum absolute atomic E-state index is 0.0459. The van der Waals surface area contributed by atoms with Crippen LogP contribution in [0.1, 0.15) is 20.8 Å². The van der Waals surface area contributed by atoms with Crippen molar-refractivity contribution in [1.82, 2.24) is 8.54 Å². The van der Waals surface area contributed by atoms with Gasteiger partial charge in [-0.15, -0.1) is 0 Å². The molecule has 0 saturated carbocycles. The van der Waals surface area contributed by atoms with E-state index in [0.29, 0.717) is 3.97 Å². The fourth-order valence-corrected chi connectivity index (χ4v) is 4.70. The Labute approximate surface area is 173 Å². The predicted octanol–water partition coefficient (Wildman–Crippen LogP) is 3.98. The van der Waals surface area contributed by atoms with Crippen LogP contribution in [0.4, 0.5) is 4.79 Å². The Balaban J connectivity index is 1.97. The number of ether oxygens (including phenoxy) is 1. The molecule has 1 heterocycles. The van der Waals surface area contributed by atoms with Gasteiger partial charge in [0.05, 0.1) is 15.9 Å². The van der Waals surface area contributed by atoms with E-state index in [0.717, 1.165) is 15.3 Å². The number of rotatable bonds is 2. The summed E-state index contributed by atoms with van der Waals surface area (Å²) >= 11 is 0. The van der Waals surface area contributed by atoms with Gasteiger partial charge in [0, 0.05) is 0 Å². The molecule has 0 radical (unpaired) electrons. The normalized spacial score (nSPS) is 12.4. The maximum Gasteiger partial charge on any atom is 0.423 e. The lowest BCUT2D eigenvalue weighted by Crippen LogP contribution is -2.36. The summed E-state index contributed by atoms with van der Waals surface area (Å²) in [5, 5.41) is 1.60. The highest BCUT2D eigenvalue weighted by Gasteiger charge is 2.29. The van der Waals surface area contributed by atoms with Crippen LogP contribution < -0.4 is 5.69 Å². The van der Waals surface area contributed by atoms with Gasteiger partial charge in [0.1, 0.15) is 5.60 Å². The summed E-state index contributed by atoms with van der Waals surface area (Å²) in [7, 11) is -4.27. The van der Waals surface area contributed by atoms with Crippen molar-refractivity contribution in [3.05, 3.63) is 77.2 Å². The Hall–Kier alpha value is -3.39. The van der Waals surface area contributed by atoms with Gasteiger partial charge in [-0.3, -0.25) is 0 Å². The van der Waals surface area contributed by atoms with Gasteiger partial charge in [0.25, 0.3) is 10.0 Å². The third-order valence-corrected chi connectivity index (χ3v) is 6.22. The number of nitrogens with zero attached hydrogens (tertiary/aromatic N) is 2. The minimum atomic E-state index is -4.27. The summed E-state index contributed by atoms with van der Waals surface area (Å²) in [5.41, 5.74) is -1.60. The van der Waals surface area contributed by atoms with E-state index in [9.17, 15) is 18.0 Å². The lowest BCUT2D eigenvalue weighted by Gasteiger charge is -2.19. The smallest absolute Gasteiger partial charge is 0.423 e. The summed E-state index contributed by atoms with van der Waals surface area (Å²) in [6.07, 6.45) is -0.934. The van der Waals surface area contributed by atoms with E-state index in [1.807, 2.05) is 12.1 Å². The van der Waals surface area contributed by atoms with Gasteiger partial charge in [0.15, 0.2) is 0 Å². The van der Waals surface area contributed by atoms with Gasteiger partial charge in [0.2, 0.25) is 0 Å². The molecule has 0 bridgehead atoms. The highest BCUT2D eigenvalue weighted by Crippen LogP contribution is 2.24. The number of fused-ring (bicyclic) bond motifs is 2. The van der Waals surface area contributed by atoms with Crippen LogP contribution in [0.3, 0.4) is 0 Å². The predicted molar refractivity (Wildman–Crippen MR) is 114 cm³/mol. The molecule has 0 N–H and O–H groups in total. The Morgan fingerprint density at radius 3 is 2.13 bits per heavy atom. The van der Waals surface area contributed by atoms with Crippen LogP contribution in [0.15, 0.2) is 76.4 Å². The van der Waals surface area contributed by atoms with Crippen molar-refractivity contribution in [1.29, 1.82) is 0 Å². The quantitative estimate of drug-likeness (QED) is 0.486. The molecule has 3 aromatic carbocycles. The Kier molecular flexibility index (Phi) is 4.54. The van der Waals surface area contributed by atoms with Gasteiger partial charge < -0.3 is 4.74 Å². The second-order valence-corrected chi connectivity index (χ2v) is 9.65. The van der Waals surface area contributed by atoms with E-state index in [1.165, 1.54) is 24.3 Å². The fourth-order valence-electron chi connectivity index (χ4n) is 3.27. The number of hydrogen-bond acceptors (Lipinski definition) is 5. The molecule has 0 aliphatic heterocycles. The molecule has 154 valence electrons. The SMILES string of the molecule is CC(C)(C)OC(=O)n1c(=O)n(S(=O)(=O)c2ccc3ccccc3c2)c2ccccc21. The van der Waals surface area contributed by atoms with Crippen LogP contribution in [-0.2, 0) is 14.8 Å². The molecule has 0 atom stereocenters. The molecule has 7 nitrogen and oxygen atoms in total. The third-order valence-electron chi connectivity index (χ3n) is 4.54. The number of carbonyl (C=O) groups excluding carboxylic acids is 1. The highest BCUT2D eigenvalue weighted by molar-refractivity contribution is 7.90. The summed E-state index contributed by atoms with van der Waals surface area (Å²) in [6, 6.07) is 18.2. The summed E-state index contributed by atoms with van der Waals surface area (Å²) < 4.78 is 33.6. The number of imidazole rings is 1. The molecule has 0 amide bonds. The standard InChI is InChI=1S/C22H20N2O5S/c1-22(2,3)29-21(26)23-18-10-6-7-11-19(18)24(20(23)25)30(27,28)17-13-12-15-8-4-5-9-16(15)14-17/h4-14H,1-3H3. The van der Waals surface area contributed by atoms with Crippen molar-refractivity contribution in [2.24, 2.45) is 0 Å². The van der Waals surface area contributed by atoms with Gasteiger partial charge >= 0.3 is 11.8 Å². The fraction of sp³-hybridized carbons (Fsp3) is 0.182. The number of carbonyl (C=O) groups is 1. The van der Waals surface area contributed by atoms with Crippen LogP contribution in [0, 0.1) is 0 Å². The molecule has 8 heteroatoms. The topological polar surface area (TPSA) is 87.4 Å².